The maximum Gasteiger partial charge on any atom is 0.243 e. The average molecular weight is 396 g/mol. The van der Waals surface area contributed by atoms with Gasteiger partial charge in [-0.25, -0.2) is 22.0 Å². The molecule has 1 saturated heterocycles. The van der Waals surface area contributed by atoms with Crippen LogP contribution in [-0.2, 0) is 26.6 Å². The van der Waals surface area contributed by atoms with Gasteiger partial charge >= 0.3 is 0 Å². The van der Waals surface area contributed by atoms with E-state index < -0.39 is 20.0 Å². The summed E-state index contributed by atoms with van der Waals surface area (Å²) in [7, 11) is -7.51. The molecule has 0 unspecified atom stereocenters. The van der Waals surface area contributed by atoms with Crippen LogP contribution in [0.25, 0.3) is 0 Å². The van der Waals surface area contributed by atoms with E-state index in [0.29, 0.717) is 26.2 Å². The van der Waals surface area contributed by atoms with Crippen LogP contribution in [0, 0.1) is 0 Å². The molecule has 0 spiro atoms. The van der Waals surface area contributed by atoms with Gasteiger partial charge < -0.3 is 0 Å². The molecule has 1 fully saturated rings. The smallest absolute Gasteiger partial charge is 0.243 e. The van der Waals surface area contributed by atoms with Gasteiger partial charge in [0, 0.05) is 45.1 Å². The molecule has 0 saturated carbocycles. The van der Waals surface area contributed by atoms with E-state index in [2.05, 4.69) is 9.88 Å². The lowest BCUT2D eigenvalue weighted by atomic mass is 10.2. The van der Waals surface area contributed by atoms with Crippen LogP contribution in [0.3, 0.4) is 0 Å². The van der Waals surface area contributed by atoms with E-state index >= 15 is 0 Å². The van der Waals surface area contributed by atoms with Crippen LogP contribution >= 0.6 is 0 Å². The van der Waals surface area contributed by atoms with Crippen LogP contribution in [0.4, 0.5) is 0 Å². The fourth-order valence-corrected chi connectivity index (χ4v) is 4.77. The zero-order valence-electron chi connectivity index (χ0n) is 14.0. The minimum absolute atomic E-state index is 0.0607. The summed E-state index contributed by atoms with van der Waals surface area (Å²) >= 11 is 0. The maximum atomic E-state index is 12.7. The first-order chi connectivity index (χ1) is 12.3. The molecule has 2 aromatic rings. The molecular formula is C16H20N4O4S2. The van der Waals surface area contributed by atoms with Crippen molar-refractivity contribution in [3.63, 3.8) is 0 Å². The number of rotatable bonds is 5. The number of nitrogens with zero attached hydrogens (tertiary/aromatic N) is 3. The van der Waals surface area contributed by atoms with E-state index in [-0.39, 0.29) is 9.79 Å². The minimum Gasteiger partial charge on any atom is -0.296 e. The molecule has 0 bridgehead atoms. The maximum absolute atomic E-state index is 12.7. The second-order valence-electron chi connectivity index (χ2n) is 6.06. The summed E-state index contributed by atoms with van der Waals surface area (Å²) in [6.45, 7) is 2.70. The van der Waals surface area contributed by atoms with Gasteiger partial charge in [0.15, 0.2) is 0 Å². The highest BCUT2D eigenvalue weighted by Gasteiger charge is 2.28. The highest BCUT2D eigenvalue weighted by molar-refractivity contribution is 7.89. The topological polar surface area (TPSA) is 114 Å². The zero-order chi connectivity index (χ0) is 18.8. The third-order valence-corrected chi connectivity index (χ3v) is 7.09. The van der Waals surface area contributed by atoms with Crippen LogP contribution < -0.4 is 5.14 Å². The zero-order valence-corrected chi connectivity index (χ0v) is 15.7. The average Bonchev–Trinajstić information content (AvgIpc) is 2.62. The fourth-order valence-electron chi connectivity index (χ4n) is 2.83. The van der Waals surface area contributed by atoms with Crippen molar-refractivity contribution in [3.05, 3.63) is 54.4 Å². The van der Waals surface area contributed by atoms with Crippen molar-refractivity contribution in [1.29, 1.82) is 0 Å². The van der Waals surface area contributed by atoms with Gasteiger partial charge in [0.2, 0.25) is 20.0 Å². The van der Waals surface area contributed by atoms with Crippen molar-refractivity contribution in [3.8, 4) is 0 Å². The lowest BCUT2D eigenvalue weighted by Gasteiger charge is -2.33. The molecule has 10 heteroatoms. The first-order valence-corrected chi connectivity index (χ1v) is 11.0. The minimum atomic E-state index is -3.85. The van der Waals surface area contributed by atoms with Crippen molar-refractivity contribution in [2.75, 3.05) is 26.2 Å². The molecule has 0 radical (unpaired) electrons. The number of pyridine rings is 1. The Morgan fingerprint density at radius 3 is 2.08 bits per heavy atom. The van der Waals surface area contributed by atoms with Crippen LogP contribution in [-0.4, -0.2) is 57.2 Å². The summed E-state index contributed by atoms with van der Waals surface area (Å²) < 4.78 is 49.5. The summed E-state index contributed by atoms with van der Waals surface area (Å²) in [5, 5.41) is 5.04. The molecule has 8 nitrogen and oxygen atoms in total. The van der Waals surface area contributed by atoms with Crippen molar-refractivity contribution in [1.82, 2.24) is 14.2 Å². The number of hydrogen-bond acceptors (Lipinski definition) is 6. The van der Waals surface area contributed by atoms with E-state index in [1.807, 2.05) is 12.1 Å². The Morgan fingerprint density at radius 1 is 0.923 bits per heavy atom. The summed E-state index contributed by atoms with van der Waals surface area (Å²) in [6, 6.07) is 8.83. The molecule has 0 aliphatic carbocycles. The van der Waals surface area contributed by atoms with Gasteiger partial charge in [0.05, 0.1) is 9.79 Å². The Hall–Kier alpha value is -1.85. The SMILES string of the molecule is NS(=O)(=O)c1ccc(S(=O)(=O)N2CCN(Cc3cccnc3)CC2)cc1. The number of piperazine rings is 1. The van der Waals surface area contributed by atoms with Crippen LogP contribution in [0.1, 0.15) is 5.56 Å². The predicted molar refractivity (Wildman–Crippen MR) is 96.1 cm³/mol. The fraction of sp³-hybridized carbons (Fsp3) is 0.312. The van der Waals surface area contributed by atoms with Gasteiger partial charge in [-0.2, -0.15) is 4.31 Å². The Bertz CT molecular complexity index is 953. The van der Waals surface area contributed by atoms with Crippen LogP contribution in [0.2, 0.25) is 0 Å². The molecule has 1 aromatic carbocycles. The Kier molecular flexibility index (Phi) is 5.39. The third kappa shape index (κ3) is 4.27. The lowest BCUT2D eigenvalue weighted by molar-refractivity contribution is 0.181. The highest BCUT2D eigenvalue weighted by atomic mass is 32.2. The van der Waals surface area contributed by atoms with Crippen LogP contribution in [0.5, 0.6) is 0 Å². The first kappa shape index (κ1) is 18.9. The molecule has 140 valence electrons. The molecule has 1 aromatic heterocycles. The normalized spacial score (nSPS) is 17.3. The number of nitrogens with two attached hydrogens (primary N) is 1. The molecular weight excluding hydrogens is 376 g/mol. The van der Waals surface area contributed by atoms with Crippen molar-refractivity contribution >= 4 is 20.0 Å². The van der Waals surface area contributed by atoms with Gasteiger partial charge in [0.25, 0.3) is 0 Å². The van der Waals surface area contributed by atoms with E-state index in [1.54, 1.807) is 12.4 Å². The van der Waals surface area contributed by atoms with E-state index in [1.165, 1.54) is 28.6 Å². The molecule has 26 heavy (non-hydrogen) atoms. The van der Waals surface area contributed by atoms with E-state index in [9.17, 15) is 16.8 Å². The molecule has 3 rings (SSSR count). The second kappa shape index (κ2) is 7.41. The van der Waals surface area contributed by atoms with Crippen LogP contribution in [0.15, 0.2) is 58.6 Å². The number of sulfonamides is 2. The van der Waals surface area contributed by atoms with Crippen molar-refractivity contribution < 1.29 is 16.8 Å². The Morgan fingerprint density at radius 2 is 1.54 bits per heavy atom. The quantitative estimate of drug-likeness (QED) is 0.774. The molecule has 2 N–H and O–H groups in total. The van der Waals surface area contributed by atoms with E-state index in [4.69, 9.17) is 5.14 Å². The summed E-state index contributed by atoms with van der Waals surface area (Å²) in [6.07, 6.45) is 3.52. The largest absolute Gasteiger partial charge is 0.296 e. The van der Waals surface area contributed by atoms with Gasteiger partial charge in [0.1, 0.15) is 0 Å². The number of benzene rings is 1. The number of primary sulfonamides is 1. The van der Waals surface area contributed by atoms with Gasteiger partial charge in [-0.15, -0.1) is 0 Å². The second-order valence-corrected chi connectivity index (χ2v) is 9.56. The lowest BCUT2D eigenvalue weighted by Crippen LogP contribution is -2.48. The highest BCUT2D eigenvalue weighted by Crippen LogP contribution is 2.20. The third-order valence-electron chi connectivity index (χ3n) is 4.25. The van der Waals surface area contributed by atoms with Gasteiger partial charge in [-0.3, -0.25) is 9.88 Å². The summed E-state index contributed by atoms with van der Waals surface area (Å²) in [5.74, 6) is 0. The monoisotopic (exact) mass is 396 g/mol. The Labute approximate surface area is 153 Å². The van der Waals surface area contributed by atoms with Gasteiger partial charge in [-0.1, -0.05) is 6.07 Å². The standard InChI is InChI=1S/C16H20N4O4S2/c17-25(21,22)15-3-5-16(6-4-15)26(23,24)20-10-8-19(9-11-20)13-14-2-1-7-18-12-14/h1-7,12H,8-11,13H2,(H2,17,21,22). The predicted octanol–water partition coefficient (Wildman–Crippen LogP) is 0.236. The van der Waals surface area contributed by atoms with E-state index in [0.717, 1.165) is 12.1 Å². The molecule has 0 atom stereocenters. The summed E-state index contributed by atoms with van der Waals surface area (Å²) in [5.41, 5.74) is 1.09. The molecule has 1 aliphatic heterocycles. The Balaban J connectivity index is 1.66. The van der Waals surface area contributed by atoms with Crippen molar-refractivity contribution in [2.45, 2.75) is 16.3 Å². The number of aromatic nitrogens is 1. The molecule has 2 heterocycles. The van der Waals surface area contributed by atoms with Crippen molar-refractivity contribution in [2.24, 2.45) is 5.14 Å². The summed E-state index contributed by atoms with van der Waals surface area (Å²) in [4.78, 5) is 6.20. The first-order valence-electron chi connectivity index (χ1n) is 8.01. The molecule has 1 aliphatic rings. The molecule has 0 amide bonds. The number of hydrogen-bond donors (Lipinski definition) is 1. The van der Waals surface area contributed by atoms with Gasteiger partial charge in [-0.05, 0) is 35.9 Å².